The zero-order valence-corrected chi connectivity index (χ0v) is 13.6. The largest absolute Gasteiger partial charge is 0.496 e. The topological polar surface area (TPSA) is 64.3 Å². The Kier molecular flexibility index (Phi) is 5.82. The third-order valence-electron chi connectivity index (χ3n) is 3.32. The van der Waals surface area contributed by atoms with Gasteiger partial charge in [-0.3, -0.25) is 4.79 Å². The van der Waals surface area contributed by atoms with Gasteiger partial charge in [-0.15, -0.1) is 0 Å². The lowest BCUT2D eigenvalue weighted by molar-refractivity contribution is -0.120. The molecule has 0 aliphatic heterocycles. The van der Waals surface area contributed by atoms with Crippen molar-refractivity contribution < 1.29 is 9.53 Å². The number of nitrogens with one attached hydrogen (secondary N) is 1. The Labute approximate surface area is 127 Å². The average molecular weight is 290 g/mol. The van der Waals surface area contributed by atoms with Crippen LogP contribution in [0.2, 0.25) is 0 Å². The summed E-state index contributed by atoms with van der Waals surface area (Å²) in [6.07, 6.45) is 2.66. The zero-order valence-electron chi connectivity index (χ0n) is 13.6. The molecule has 0 saturated heterocycles. The van der Waals surface area contributed by atoms with Gasteiger partial charge < -0.3 is 15.8 Å². The average Bonchev–Trinajstić information content (AvgIpc) is 2.43. The van der Waals surface area contributed by atoms with E-state index in [0.29, 0.717) is 18.7 Å². The Balaban J connectivity index is 2.87. The molecule has 0 atom stereocenters. The minimum Gasteiger partial charge on any atom is -0.496 e. The lowest BCUT2D eigenvalue weighted by atomic mass is 9.84. The van der Waals surface area contributed by atoms with Gasteiger partial charge in [-0.1, -0.05) is 39.0 Å². The minimum absolute atomic E-state index is 0.00100. The molecular formula is C17H26N2O2. The van der Waals surface area contributed by atoms with Crippen molar-refractivity contribution in [2.45, 2.75) is 46.0 Å². The van der Waals surface area contributed by atoms with Crippen molar-refractivity contribution in [2.24, 2.45) is 5.73 Å². The highest BCUT2D eigenvalue weighted by Crippen LogP contribution is 2.34. The summed E-state index contributed by atoms with van der Waals surface area (Å²) < 4.78 is 5.57. The number of nitrogens with two attached hydrogens (primary N) is 1. The third kappa shape index (κ3) is 4.81. The number of allylic oxidation sites excluding steroid dienone is 1. The van der Waals surface area contributed by atoms with Crippen LogP contribution in [0.15, 0.2) is 30.1 Å². The van der Waals surface area contributed by atoms with Gasteiger partial charge in [0.25, 0.3) is 0 Å². The predicted octanol–water partition coefficient (Wildman–Crippen LogP) is 2.86. The van der Waals surface area contributed by atoms with E-state index in [1.807, 2.05) is 12.1 Å². The number of carbonyl (C=O) groups excluding carboxylic acids is 1. The monoisotopic (exact) mass is 290 g/mol. The number of aryl methyl sites for hydroxylation is 1. The molecule has 4 nitrogen and oxygen atoms in total. The molecule has 0 aliphatic rings. The molecule has 0 aliphatic carbocycles. The Bertz CT molecular complexity index is 528. The molecule has 116 valence electrons. The number of amides is 1. The molecule has 0 radical (unpaired) electrons. The van der Waals surface area contributed by atoms with Crippen molar-refractivity contribution in [1.82, 2.24) is 5.32 Å². The number of rotatable bonds is 5. The van der Waals surface area contributed by atoms with Gasteiger partial charge >= 0.3 is 0 Å². The summed E-state index contributed by atoms with van der Waals surface area (Å²) in [6, 6.07) is 6.08. The van der Waals surface area contributed by atoms with Gasteiger partial charge in [0.1, 0.15) is 5.75 Å². The highest BCUT2D eigenvalue weighted by atomic mass is 16.5. The van der Waals surface area contributed by atoms with E-state index < -0.39 is 0 Å². The molecule has 4 heteroatoms. The Morgan fingerprint density at radius 2 is 2.05 bits per heavy atom. The van der Waals surface area contributed by atoms with Crippen LogP contribution in [0, 0.1) is 0 Å². The quantitative estimate of drug-likeness (QED) is 0.876. The standard InChI is InChI=1S/C17H26N2O2/c1-6-14(18)19-15(20)11-10-12-8-7-9-13(16(12)21-5)17(2,3)4/h6-9H,10-11,18H2,1-5H3,(H,19,20). The maximum absolute atomic E-state index is 11.8. The van der Waals surface area contributed by atoms with E-state index in [2.05, 4.69) is 32.2 Å². The van der Waals surface area contributed by atoms with E-state index in [-0.39, 0.29) is 11.3 Å². The van der Waals surface area contributed by atoms with Gasteiger partial charge in [0.05, 0.1) is 12.9 Å². The molecule has 21 heavy (non-hydrogen) atoms. The fourth-order valence-corrected chi connectivity index (χ4v) is 2.16. The summed E-state index contributed by atoms with van der Waals surface area (Å²) in [4.78, 5) is 11.8. The van der Waals surface area contributed by atoms with Crippen molar-refractivity contribution in [3.8, 4) is 5.75 Å². The number of hydrogen-bond donors (Lipinski definition) is 2. The van der Waals surface area contributed by atoms with Gasteiger partial charge in [-0.25, -0.2) is 0 Å². The first-order valence-electron chi connectivity index (χ1n) is 7.17. The number of para-hydroxylation sites is 1. The molecule has 0 fully saturated rings. The van der Waals surface area contributed by atoms with Crippen LogP contribution in [0.1, 0.15) is 45.2 Å². The van der Waals surface area contributed by atoms with E-state index in [1.165, 1.54) is 0 Å². The number of hydrogen-bond acceptors (Lipinski definition) is 3. The van der Waals surface area contributed by atoms with Crippen molar-refractivity contribution in [1.29, 1.82) is 0 Å². The van der Waals surface area contributed by atoms with Crippen molar-refractivity contribution in [3.63, 3.8) is 0 Å². The number of ether oxygens (including phenoxy) is 1. The van der Waals surface area contributed by atoms with Gasteiger partial charge in [-0.2, -0.15) is 0 Å². The number of methoxy groups -OCH3 is 1. The minimum atomic E-state index is -0.0891. The SMILES string of the molecule is CC=C(N)NC(=O)CCc1cccc(C(C)(C)C)c1OC. The molecule has 0 unspecified atom stereocenters. The number of benzene rings is 1. The normalized spacial score (nSPS) is 12.1. The maximum atomic E-state index is 11.8. The molecule has 1 aromatic carbocycles. The second-order valence-corrected chi connectivity index (χ2v) is 6.04. The molecule has 0 saturated carbocycles. The van der Waals surface area contributed by atoms with Crippen LogP contribution in [0.4, 0.5) is 0 Å². The van der Waals surface area contributed by atoms with Gasteiger partial charge in [-0.05, 0) is 36.0 Å². The molecular weight excluding hydrogens is 264 g/mol. The molecule has 0 heterocycles. The Hall–Kier alpha value is -1.97. The molecule has 3 N–H and O–H groups in total. The van der Waals surface area contributed by atoms with Crippen LogP contribution < -0.4 is 15.8 Å². The van der Waals surface area contributed by atoms with Crippen LogP contribution in [0.3, 0.4) is 0 Å². The van der Waals surface area contributed by atoms with Crippen molar-refractivity contribution in [3.05, 3.63) is 41.2 Å². The fourth-order valence-electron chi connectivity index (χ4n) is 2.16. The summed E-state index contributed by atoms with van der Waals surface area (Å²) in [5.41, 5.74) is 7.77. The summed E-state index contributed by atoms with van der Waals surface area (Å²) >= 11 is 0. The van der Waals surface area contributed by atoms with Crippen molar-refractivity contribution in [2.75, 3.05) is 7.11 Å². The molecule has 0 bridgehead atoms. The molecule has 1 amide bonds. The third-order valence-corrected chi connectivity index (χ3v) is 3.32. The van der Waals surface area contributed by atoms with Crippen LogP contribution >= 0.6 is 0 Å². The van der Waals surface area contributed by atoms with Crippen LogP contribution in [0.25, 0.3) is 0 Å². The second kappa shape index (κ2) is 7.16. The zero-order chi connectivity index (χ0) is 16.0. The second-order valence-electron chi connectivity index (χ2n) is 6.04. The van der Waals surface area contributed by atoms with E-state index in [0.717, 1.165) is 16.9 Å². The van der Waals surface area contributed by atoms with Crippen LogP contribution in [0.5, 0.6) is 5.75 Å². The first-order valence-corrected chi connectivity index (χ1v) is 7.17. The van der Waals surface area contributed by atoms with Crippen LogP contribution in [-0.4, -0.2) is 13.0 Å². The van der Waals surface area contributed by atoms with Crippen LogP contribution in [-0.2, 0) is 16.6 Å². The summed E-state index contributed by atoms with van der Waals surface area (Å²) in [7, 11) is 1.67. The summed E-state index contributed by atoms with van der Waals surface area (Å²) in [5, 5.41) is 2.64. The number of carbonyl (C=O) groups is 1. The lowest BCUT2D eigenvalue weighted by Gasteiger charge is -2.24. The van der Waals surface area contributed by atoms with E-state index in [1.54, 1.807) is 20.1 Å². The molecule has 0 aromatic heterocycles. The molecule has 0 spiro atoms. The highest BCUT2D eigenvalue weighted by molar-refractivity contribution is 5.78. The first-order chi connectivity index (χ1) is 9.79. The van der Waals surface area contributed by atoms with E-state index in [9.17, 15) is 4.79 Å². The fraction of sp³-hybridized carbons (Fsp3) is 0.471. The highest BCUT2D eigenvalue weighted by Gasteiger charge is 2.20. The van der Waals surface area contributed by atoms with E-state index in [4.69, 9.17) is 10.5 Å². The van der Waals surface area contributed by atoms with Gasteiger partial charge in [0, 0.05) is 6.42 Å². The van der Waals surface area contributed by atoms with Gasteiger partial charge in [0.15, 0.2) is 0 Å². The maximum Gasteiger partial charge on any atom is 0.225 e. The lowest BCUT2D eigenvalue weighted by Crippen LogP contribution is -2.27. The summed E-state index contributed by atoms with van der Waals surface area (Å²) in [6.45, 7) is 8.22. The molecule has 1 aromatic rings. The Morgan fingerprint density at radius 3 is 2.57 bits per heavy atom. The van der Waals surface area contributed by atoms with E-state index >= 15 is 0 Å². The van der Waals surface area contributed by atoms with Crippen molar-refractivity contribution >= 4 is 5.91 Å². The Morgan fingerprint density at radius 1 is 1.38 bits per heavy atom. The van der Waals surface area contributed by atoms with Gasteiger partial charge in [0.2, 0.25) is 5.91 Å². The smallest absolute Gasteiger partial charge is 0.225 e. The summed E-state index contributed by atoms with van der Waals surface area (Å²) in [5.74, 6) is 1.17. The molecule has 1 rings (SSSR count). The predicted molar refractivity (Wildman–Crippen MR) is 86.1 cm³/mol. The first kappa shape index (κ1) is 17.1.